The van der Waals surface area contributed by atoms with Crippen LogP contribution in [-0.2, 0) is 6.42 Å². The maximum absolute atomic E-state index is 6.00. The van der Waals surface area contributed by atoms with Crippen molar-refractivity contribution >= 4 is 10.8 Å². The molecule has 0 spiro atoms. The molecule has 2 nitrogen and oxygen atoms in total. The molecule has 0 amide bonds. The van der Waals surface area contributed by atoms with Crippen LogP contribution in [0.1, 0.15) is 17.2 Å². The third kappa shape index (κ3) is 0.835. The van der Waals surface area contributed by atoms with Crippen LogP contribution in [0.2, 0.25) is 0 Å². The van der Waals surface area contributed by atoms with E-state index in [2.05, 4.69) is 23.2 Å². The predicted octanol–water partition coefficient (Wildman–Crippen LogP) is 1.79. The van der Waals surface area contributed by atoms with Gasteiger partial charge in [0, 0.05) is 23.8 Å². The Bertz CT molecular complexity index is 471. The zero-order chi connectivity index (χ0) is 8.84. The minimum atomic E-state index is 0.147. The first-order chi connectivity index (χ1) is 6.36. The van der Waals surface area contributed by atoms with Gasteiger partial charge in [0.2, 0.25) is 0 Å². The molecule has 1 atom stereocenters. The molecule has 0 aliphatic heterocycles. The third-order valence-electron chi connectivity index (χ3n) is 2.74. The van der Waals surface area contributed by atoms with Gasteiger partial charge >= 0.3 is 0 Å². The zero-order valence-corrected chi connectivity index (χ0v) is 7.20. The molecule has 1 heterocycles. The topological polar surface area (TPSA) is 38.9 Å². The fourth-order valence-corrected chi connectivity index (χ4v) is 2.14. The van der Waals surface area contributed by atoms with Gasteiger partial charge in [0.15, 0.2) is 0 Å². The van der Waals surface area contributed by atoms with Gasteiger partial charge < -0.3 is 5.73 Å². The quantitative estimate of drug-likeness (QED) is 0.654. The summed E-state index contributed by atoms with van der Waals surface area (Å²) >= 11 is 0. The lowest BCUT2D eigenvalue weighted by atomic mass is 10.1. The summed E-state index contributed by atoms with van der Waals surface area (Å²) < 4.78 is 0. The van der Waals surface area contributed by atoms with Gasteiger partial charge in [-0.2, -0.15) is 0 Å². The number of nitrogens with two attached hydrogens (primary N) is 1. The molecule has 1 aliphatic rings. The van der Waals surface area contributed by atoms with Crippen LogP contribution >= 0.6 is 0 Å². The average molecular weight is 170 g/mol. The zero-order valence-electron chi connectivity index (χ0n) is 7.20. The van der Waals surface area contributed by atoms with Gasteiger partial charge in [-0.3, -0.25) is 4.98 Å². The first-order valence-corrected chi connectivity index (χ1v) is 4.47. The molecule has 2 aromatic rings. The lowest BCUT2D eigenvalue weighted by molar-refractivity contribution is 0.754. The Balaban J connectivity index is 2.51. The summed E-state index contributed by atoms with van der Waals surface area (Å²) in [4.78, 5) is 4.19. The summed E-state index contributed by atoms with van der Waals surface area (Å²) in [5, 5.41) is 2.54. The van der Waals surface area contributed by atoms with Gasteiger partial charge in [0.1, 0.15) is 0 Å². The summed E-state index contributed by atoms with van der Waals surface area (Å²) in [6.07, 6.45) is 4.75. The van der Waals surface area contributed by atoms with Gasteiger partial charge in [-0.05, 0) is 22.9 Å². The largest absolute Gasteiger partial charge is 0.324 e. The Morgan fingerprint density at radius 1 is 1.31 bits per heavy atom. The molecule has 0 fully saturated rings. The molecule has 2 heteroatoms. The maximum atomic E-state index is 6.00. The SMILES string of the molecule is NC1Cc2cccc3cncc1c23. The van der Waals surface area contributed by atoms with E-state index in [1.54, 1.807) is 0 Å². The monoisotopic (exact) mass is 170 g/mol. The Hall–Kier alpha value is -1.41. The molecule has 0 saturated carbocycles. The van der Waals surface area contributed by atoms with Crippen LogP contribution in [0.5, 0.6) is 0 Å². The van der Waals surface area contributed by atoms with E-state index in [0.29, 0.717) is 0 Å². The van der Waals surface area contributed by atoms with Crippen LogP contribution in [0.15, 0.2) is 30.6 Å². The third-order valence-corrected chi connectivity index (χ3v) is 2.74. The van der Waals surface area contributed by atoms with Gasteiger partial charge in [-0.15, -0.1) is 0 Å². The highest BCUT2D eigenvalue weighted by molar-refractivity contribution is 5.90. The van der Waals surface area contributed by atoms with Crippen molar-refractivity contribution in [3.8, 4) is 0 Å². The first-order valence-electron chi connectivity index (χ1n) is 4.47. The number of rotatable bonds is 0. The second-order valence-corrected chi connectivity index (χ2v) is 3.55. The van der Waals surface area contributed by atoms with E-state index in [9.17, 15) is 0 Å². The van der Waals surface area contributed by atoms with Crippen molar-refractivity contribution in [3.05, 3.63) is 41.7 Å². The molecule has 1 aromatic heterocycles. The van der Waals surface area contributed by atoms with E-state index in [0.717, 1.165) is 6.42 Å². The van der Waals surface area contributed by atoms with E-state index in [1.807, 2.05) is 12.4 Å². The van der Waals surface area contributed by atoms with Gasteiger partial charge in [-0.1, -0.05) is 18.2 Å². The Morgan fingerprint density at radius 2 is 2.23 bits per heavy atom. The minimum Gasteiger partial charge on any atom is -0.324 e. The van der Waals surface area contributed by atoms with Crippen molar-refractivity contribution in [1.29, 1.82) is 0 Å². The molecule has 64 valence electrons. The molecule has 13 heavy (non-hydrogen) atoms. The van der Waals surface area contributed by atoms with Crippen molar-refractivity contribution in [1.82, 2.24) is 4.98 Å². The van der Waals surface area contributed by atoms with Crippen molar-refractivity contribution in [2.75, 3.05) is 0 Å². The van der Waals surface area contributed by atoms with Crippen molar-refractivity contribution in [2.24, 2.45) is 5.73 Å². The van der Waals surface area contributed by atoms with Crippen LogP contribution < -0.4 is 5.73 Å². The lowest BCUT2D eigenvalue weighted by Gasteiger charge is -2.02. The second-order valence-electron chi connectivity index (χ2n) is 3.55. The van der Waals surface area contributed by atoms with E-state index in [-0.39, 0.29) is 6.04 Å². The molecule has 0 bridgehead atoms. The fourth-order valence-electron chi connectivity index (χ4n) is 2.14. The smallest absolute Gasteiger partial charge is 0.0357 e. The summed E-state index contributed by atoms with van der Waals surface area (Å²) in [6, 6.07) is 6.46. The van der Waals surface area contributed by atoms with E-state index >= 15 is 0 Å². The first kappa shape index (κ1) is 7.04. The normalized spacial score (nSPS) is 19.6. The summed E-state index contributed by atoms with van der Waals surface area (Å²) in [5.74, 6) is 0. The van der Waals surface area contributed by atoms with Crippen molar-refractivity contribution in [3.63, 3.8) is 0 Å². The summed E-state index contributed by atoms with van der Waals surface area (Å²) in [6.45, 7) is 0. The molecule has 1 aliphatic carbocycles. The molecule has 0 radical (unpaired) electrons. The highest BCUT2D eigenvalue weighted by Crippen LogP contribution is 2.34. The van der Waals surface area contributed by atoms with Crippen molar-refractivity contribution in [2.45, 2.75) is 12.5 Å². The standard InChI is InChI=1S/C11H10N2/c12-10-4-7-2-1-3-8-5-13-6-9(10)11(7)8/h1-3,5-6,10H,4,12H2. The Kier molecular flexibility index (Phi) is 1.24. The number of nitrogens with zero attached hydrogens (tertiary/aromatic N) is 1. The number of aromatic nitrogens is 1. The molecule has 2 N–H and O–H groups in total. The minimum absolute atomic E-state index is 0.147. The Morgan fingerprint density at radius 3 is 3.15 bits per heavy atom. The lowest BCUT2D eigenvalue weighted by Crippen LogP contribution is -2.07. The highest BCUT2D eigenvalue weighted by atomic mass is 14.7. The molecular weight excluding hydrogens is 160 g/mol. The van der Waals surface area contributed by atoms with Crippen molar-refractivity contribution < 1.29 is 0 Å². The molecule has 0 saturated heterocycles. The fraction of sp³-hybridized carbons (Fsp3) is 0.182. The maximum Gasteiger partial charge on any atom is 0.0357 e. The van der Waals surface area contributed by atoms with Gasteiger partial charge in [-0.25, -0.2) is 0 Å². The predicted molar refractivity (Wildman–Crippen MR) is 52.4 cm³/mol. The van der Waals surface area contributed by atoms with Crippen LogP contribution in [0, 0.1) is 0 Å². The van der Waals surface area contributed by atoms with Gasteiger partial charge in [0.05, 0.1) is 0 Å². The van der Waals surface area contributed by atoms with Crippen LogP contribution in [0.4, 0.5) is 0 Å². The number of pyridine rings is 1. The molecule has 1 aromatic carbocycles. The number of hydrogen-bond acceptors (Lipinski definition) is 2. The van der Waals surface area contributed by atoms with Crippen LogP contribution in [0.25, 0.3) is 10.8 Å². The number of benzene rings is 1. The van der Waals surface area contributed by atoms with Gasteiger partial charge in [0.25, 0.3) is 0 Å². The van der Waals surface area contributed by atoms with E-state index in [1.165, 1.54) is 21.9 Å². The molecule has 1 unspecified atom stereocenters. The second kappa shape index (κ2) is 2.30. The van der Waals surface area contributed by atoms with Crippen LogP contribution in [-0.4, -0.2) is 4.98 Å². The Labute approximate surface area is 76.4 Å². The molecular formula is C11H10N2. The van der Waals surface area contributed by atoms with E-state index < -0.39 is 0 Å². The molecule has 3 rings (SSSR count). The van der Waals surface area contributed by atoms with E-state index in [4.69, 9.17) is 5.73 Å². The number of hydrogen-bond donors (Lipinski definition) is 1. The average Bonchev–Trinajstić information content (AvgIpc) is 2.47. The summed E-state index contributed by atoms with van der Waals surface area (Å²) in [7, 11) is 0. The highest BCUT2D eigenvalue weighted by Gasteiger charge is 2.20. The summed E-state index contributed by atoms with van der Waals surface area (Å²) in [5.41, 5.74) is 8.57. The van der Waals surface area contributed by atoms with Crippen LogP contribution in [0.3, 0.4) is 0 Å².